The summed E-state index contributed by atoms with van der Waals surface area (Å²) in [6.07, 6.45) is 0. The van der Waals surface area contributed by atoms with Crippen LogP contribution in [0.5, 0.6) is 0 Å². The Balaban J connectivity index is 1.92. The molecule has 0 saturated heterocycles. The van der Waals surface area contributed by atoms with Crippen molar-refractivity contribution in [3.63, 3.8) is 0 Å². The number of hydrogen-bond acceptors (Lipinski definition) is 7. The van der Waals surface area contributed by atoms with Gasteiger partial charge in [-0.15, -0.1) is 5.10 Å². The molecule has 1 aromatic carbocycles. The monoisotopic (exact) mass is 311 g/mol. The number of nitrogens with two attached hydrogens (primary N) is 1. The third kappa shape index (κ3) is 2.32. The molecule has 0 radical (unpaired) electrons. The Morgan fingerprint density at radius 3 is 3.00 bits per heavy atom. The molecule has 1 unspecified atom stereocenters. The van der Waals surface area contributed by atoms with Gasteiger partial charge in [0.2, 0.25) is 5.16 Å². The van der Waals surface area contributed by atoms with Crippen LogP contribution >= 0.6 is 11.8 Å². The van der Waals surface area contributed by atoms with Crippen LogP contribution in [-0.4, -0.2) is 40.9 Å². The molecular formula is C11H13N5O2S2. The molecule has 0 fully saturated rings. The number of thioether (sulfide) groups is 1. The van der Waals surface area contributed by atoms with Crippen molar-refractivity contribution in [2.75, 3.05) is 12.3 Å². The lowest BCUT2D eigenvalue weighted by atomic mass is 10.2. The fourth-order valence-electron chi connectivity index (χ4n) is 2.18. The van der Waals surface area contributed by atoms with Crippen LogP contribution < -0.4 is 5.73 Å². The first-order chi connectivity index (χ1) is 9.62. The summed E-state index contributed by atoms with van der Waals surface area (Å²) < 4.78 is 25.8. The number of rotatable bonds is 4. The average molecular weight is 311 g/mol. The number of sulfone groups is 1. The van der Waals surface area contributed by atoms with Crippen LogP contribution in [0.1, 0.15) is 10.8 Å². The lowest BCUT2D eigenvalue weighted by Gasteiger charge is -2.08. The molecule has 2 N–H and O–H groups in total. The maximum Gasteiger partial charge on any atom is 0.209 e. The van der Waals surface area contributed by atoms with Gasteiger partial charge in [0.25, 0.3) is 0 Å². The Morgan fingerprint density at radius 2 is 2.20 bits per heavy atom. The molecule has 1 aliphatic rings. The summed E-state index contributed by atoms with van der Waals surface area (Å²) in [6.45, 7) is 0.939. The van der Waals surface area contributed by atoms with Crippen LogP contribution in [0.25, 0.3) is 0 Å². The molecule has 7 nitrogen and oxygen atoms in total. The van der Waals surface area contributed by atoms with Crippen molar-refractivity contribution in [3.05, 3.63) is 29.8 Å². The molecule has 2 aromatic rings. The third-order valence-corrected chi connectivity index (χ3v) is 6.29. The van der Waals surface area contributed by atoms with Crippen LogP contribution in [0, 0.1) is 0 Å². The van der Waals surface area contributed by atoms with Crippen LogP contribution in [0.2, 0.25) is 0 Å². The summed E-state index contributed by atoms with van der Waals surface area (Å²) in [4.78, 5) is 0.412. The third-order valence-electron chi connectivity index (χ3n) is 3.06. The van der Waals surface area contributed by atoms with Crippen molar-refractivity contribution in [1.82, 2.24) is 20.2 Å². The minimum Gasteiger partial charge on any atom is -0.329 e. The molecule has 1 aliphatic heterocycles. The zero-order chi connectivity index (χ0) is 14.2. The van der Waals surface area contributed by atoms with Crippen LogP contribution in [0.15, 0.2) is 34.3 Å². The van der Waals surface area contributed by atoms with Gasteiger partial charge in [0.05, 0.1) is 22.4 Å². The summed E-state index contributed by atoms with van der Waals surface area (Å²) in [5, 5.41) is 11.8. The van der Waals surface area contributed by atoms with Crippen LogP contribution in [0.3, 0.4) is 0 Å². The van der Waals surface area contributed by atoms with Gasteiger partial charge in [-0.1, -0.05) is 30.0 Å². The highest BCUT2D eigenvalue weighted by Gasteiger charge is 2.35. The van der Waals surface area contributed by atoms with E-state index in [0.717, 1.165) is 5.56 Å². The molecule has 9 heteroatoms. The van der Waals surface area contributed by atoms with Crippen molar-refractivity contribution < 1.29 is 8.42 Å². The van der Waals surface area contributed by atoms with E-state index in [4.69, 9.17) is 5.73 Å². The Kier molecular flexibility index (Phi) is 3.48. The van der Waals surface area contributed by atoms with E-state index < -0.39 is 9.84 Å². The molecule has 0 amide bonds. The van der Waals surface area contributed by atoms with E-state index in [2.05, 4.69) is 15.5 Å². The predicted molar refractivity (Wildman–Crippen MR) is 74.0 cm³/mol. The minimum atomic E-state index is -3.21. The molecule has 1 aromatic heterocycles. The van der Waals surface area contributed by atoms with Gasteiger partial charge in [-0.3, -0.25) is 0 Å². The number of fused-ring (bicyclic) bond motifs is 1. The largest absolute Gasteiger partial charge is 0.329 e. The first kappa shape index (κ1) is 13.5. The molecule has 0 aliphatic carbocycles. The van der Waals surface area contributed by atoms with Gasteiger partial charge in [-0.05, 0) is 22.1 Å². The van der Waals surface area contributed by atoms with Gasteiger partial charge >= 0.3 is 0 Å². The molecule has 0 spiro atoms. The molecule has 0 bridgehead atoms. The number of benzene rings is 1. The maximum atomic E-state index is 12.1. The lowest BCUT2D eigenvalue weighted by molar-refractivity contribution is 0.556. The Hall–Kier alpha value is -1.45. The SMILES string of the molecule is NCCn1nnnc1SC1CS(=O)(=O)c2ccccc21. The van der Waals surface area contributed by atoms with Gasteiger partial charge in [-0.2, -0.15) is 0 Å². The summed E-state index contributed by atoms with van der Waals surface area (Å²) in [7, 11) is -3.21. The Labute approximate surface area is 120 Å². The smallest absolute Gasteiger partial charge is 0.209 e. The van der Waals surface area contributed by atoms with E-state index in [1.165, 1.54) is 11.8 Å². The van der Waals surface area contributed by atoms with E-state index in [1.54, 1.807) is 16.8 Å². The molecule has 2 heterocycles. The molecule has 20 heavy (non-hydrogen) atoms. The second kappa shape index (κ2) is 5.15. The summed E-state index contributed by atoms with van der Waals surface area (Å²) in [5.74, 6) is 0.0759. The van der Waals surface area contributed by atoms with E-state index in [1.807, 2.05) is 12.1 Å². The second-order valence-corrected chi connectivity index (χ2v) is 7.57. The predicted octanol–water partition coefficient (Wildman–Crippen LogP) is 0.252. The normalized spacial score (nSPS) is 19.9. The first-order valence-corrected chi connectivity index (χ1v) is 8.59. The highest BCUT2D eigenvalue weighted by Crippen LogP contribution is 2.43. The Bertz CT molecular complexity index is 728. The average Bonchev–Trinajstić information content (AvgIpc) is 2.95. The van der Waals surface area contributed by atoms with Gasteiger partial charge in [0, 0.05) is 6.54 Å². The van der Waals surface area contributed by atoms with Crippen molar-refractivity contribution in [2.45, 2.75) is 21.8 Å². The molecule has 1 atom stereocenters. The van der Waals surface area contributed by atoms with Crippen molar-refractivity contribution >= 4 is 21.6 Å². The zero-order valence-electron chi connectivity index (χ0n) is 10.5. The number of aromatic nitrogens is 4. The standard InChI is InChI=1S/C11H13N5O2S2/c12-5-6-16-11(13-14-15-16)19-9-7-20(17,18)10-4-2-1-3-8(9)10/h1-4,9H,5-7,12H2. The second-order valence-electron chi connectivity index (χ2n) is 4.40. The van der Waals surface area contributed by atoms with Gasteiger partial charge in [0.1, 0.15) is 0 Å². The van der Waals surface area contributed by atoms with Crippen LogP contribution in [0.4, 0.5) is 0 Å². The molecule has 3 rings (SSSR count). The number of hydrogen-bond donors (Lipinski definition) is 1. The Morgan fingerprint density at radius 1 is 1.40 bits per heavy atom. The quantitative estimate of drug-likeness (QED) is 0.863. The summed E-state index contributed by atoms with van der Waals surface area (Å²) >= 11 is 1.36. The lowest BCUT2D eigenvalue weighted by Crippen LogP contribution is -2.12. The first-order valence-electron chi connectivity index (χ1n) is 6.06. The molecule has 0 saturated carbocycles. The highest BCUT2D eigenvalue weighted by molar-refractivity contribution is 8.01. The number of nitrogens with zero attached hydrogens (tertiary/aromatic N) is 4. The minimum absolute atomic E-state index is 0.0759. The van der Waals surface area contributed by atoms with E-state index in [9.17, 15) is 8.42 Å². The van der Waals surface area contributed by atoms with Crippen molar-refractivity contribution in [2.24, 2.45) is 5.73 Å². The van der Waals surface area contributed by atoms with E-state index >= 15 is 0 Å². The fraction of sp³-hybridized carbons (Fsp3) is 0.364. The van der Waals surface area contributed by atoms with Crippen LogP contribution in [-0.2, 0) is 16.4 Å². The summed E-state index contributed by atoms with van der Waals surface area (Å²) in [6, 6.07) is 7.07. The molecular weight excluding hydrogens is 298 g/mol. The topological polar surface area (TPSA) is 104 Å². The van der Waals surface area contributed by atoms with Crippen molar-refractivity contribution in [3.8, 4) is 0 Å². The van der Waals surface area contributed by atoms with E-state index in [0.29, 0.717) is 23.1 Å². The van der Waals surface area contributed by atoms with Crippen molar-refractivity contribution in [1.29, 1.82) is 0 Å². The highest BCUT2D eigenvalue weighted by atomic mass is 32.2. The van der Waals surface area contributed by atoms with E-state index in [-0.39, 0.29) is 11.0 Å². The maximum absolute atomic E-state index is 12.1. The van der Waals surface area contributed by atoms with Gasteiger partial charge in [0.15, 0.2) is 9.84 Å². The summed E-state index contributed by atoms with van der Waals surface area (Å²) in [5.41, 5.74) is 6.31. The number of tetrazole rings is 1. The van der Waals surface area contributed by atoms with Gasteiger partial charge in [-0.25, -0.2) is 13.1 Å². The zero-order valence-corrected chi connectivity index (χ0v) is 12.1. The van der Waals surface area contributed by atoms with Gasteiger partial charge < -0.3 is 5.73 Å². The fourth-order valence-corrected chi connectivity index (χ4v) is 5.59. The molecule has 106 valence electrons.